The van der Waals surface area contributed by atoms with Crippen LogP contribution in [0.4, 0.5) is 27.6 Å². The number of nitrogen functional groups attached to an aromatic ring is 1. The van der Waals surface area contributed by atoms with E-state index in [0.29, 0.717) is 6.07 Å². The van der Waals surface area contributed by atoms with E-state index >= 15 is 0 Å². The summed E-state index contributed by atoms with van der Waals surface area (Å²) >= 11 is 0. The highest BCUT2D eigenvalue weighted by Crippen LogP contribution is 2.34. The molecule has 8 heteroatoms. The van der Waals surface area contributed by atoms with Gasteiger partial charge in [0.05, 0.1) is 5.69 Å². The van der Waals surface area contributed by atoms with E-state index in [0.717, 1.165) is 24.3 Å². The van der Waals surface area contributed by atoms with Gasteiger partial charge in [0, 0.05) is 18.2 Å². The first-order valence-electron chi connectivity index (χ1n) is 5.53. The lowest BCUT2D eigenvalue weighted by Gasteiger charge is -2.12. The molecule has 0 aliphatic rings. The number of hydrogen-bond acceptors (Lipinski definition) is 3. The van der Waals surface area contributed by atoms with Crippen LogP contribution >= 0.6 is 0 Å². The lowest BCUT2D eigenvalue weighted by atomic mass is 10.2. The summed E-state index contributed by atoms with van der Waals surface area (Å²) < 4.78 is 72.4. The zero-order valence-electron chi connectivity index (χ0n) is 10.2. The fourth-order valence-corrected chi connectivity index (χ4v) is 1.49. The third kappa shape index (κ3) is 3.53. The molecule has 0 saturated carbocycles. The van der Waals surface area contributed by atoms with Crippen LogP contribution in [0.3, 0.4) is 0 Å². The van der Waals surface area contributed by atoms with Gasteiger partial charge in [-0.25, -0.2) is 13.2 Å². The van der Waals surface area contributed by atoms with Gasteiger partial charge in [0.25, 0.3) is 0 Å². The van der Waals surface area contributed by atoms with Gasteiger partial charge in [-0.2, -0.15) is 8.78 Å². The van der Waals surface area contributed by atoms with E-state index in [2.05, 4.69) is 4.74 Å². The molecule has 2 aromatic carbocycles. The molecule has 112 valence electrons. The smallest absolute Gasteiger partial charge is 0.387 e. The Hall–Kier alpha value is -2.51. The largest absolute Gasteiger partial charge is 0.455 e. The number of rotatable bonds is 4. The molecule has 0 aromatic heterocycles. The summed E-state index contributed by atoms with van der Waals surface area (Å²) in [6.45, 7) is -3.24. The van der Waals surface area contributed by atoms with E-state index in [1.165, 1.54) is 0 Å². The molecule has 0 fully saturated rings. The first kappa shape index (κ1) is 14.9. The molecule has 0 atom stereocenters. The molecule has 0 heterocycles. The van der Waals surface area contributed by atoms with E-state index in [9.17, 15) is 22.0 Å². The van der Waals surface area contributed by atoms with Crippen molar-refractivity contribution in [3.63, 3.8) is 0 Å². The van der Waals surface area contributed by atoms with Gasteiger partial charge in [-0.15, -0.1) is 0 Å². The van der Waals surface area contributed by atoms with Crippen LogP contribution in [0.15, 0.2) is 30.3 Å². The minimum absolute atomic E-state index is 0.143. The van der Waals surface area contributed by atoms with Gasteiger partial charge in [-0.05, 0) is 12.1 Å². The van der Waals surface area contributed by atoms with Crippen molar-refractivity contribution in [2.45, 2.75) is 6.61 Å². The Morgan fingerprint density at radius 1 is 0.857 bits per heavy atom. The van der Waals surface area contributed by atoms with Crippen molar-refractivity contribution >= 4 is 5.69 Å². The minimum atomic E-state index is -3.24. The number of anilines is 1. The highest BCUT2D eigenvalue weighted by atomic mass is 19.3. The molecule has 0 aliphatic heterocycles. The molecule has 2 aromatic rings. The average Bonchev–Trinajstić information content (AvgIpc) is 2.39. The van der Waals surface area contributed by atoms with E-state index in [1.807, 2.05) is 0 Å². The van der Waals surface area contributed by atoms with Crippen LogP contribution in [0.1, 0.15) is 0 Å². The van der Waals surface area contributed by atoms with Crippen LogP contribution in [-0.4, -0.2) is 6.61 Å². The van der Waals surface area contributed by atoms with Crippen LogP contribution < -0.4 is 15.2 Å². The zero-order valence-corrected chi connectivity index (χ0v) is 10.2. The maximum atomic E-state index is 13.3. The molecule has 0 spiro atoms. The Balaban J connectivity index is 2.32. The molecular formula is C13H8F5NO2. The summed E-state index contributed by atoms with van der Waals surface area (Å²) in [6.07, 6.45) is 0. The Morgan fingerprint density at radius 3 is 2.19 bits per heavy atom. The SMILES string of the molecule is Nc1cc(F)c(OC(F)F)cc1Oc1ccc(F)c(F)c1. The van der Waals surface area contributed by atoms with Crippen LogP contribution in [0.25, 0.3) is 0 Å². The summed E-state index contributed by atoms with van der Waals surface area (Å²) in [5, 5.41) is 0. The number of halogens is 5. The van der Waals surface area contributed by atoms with E-state index < -0.39 is 29.8 Å². The van der Waals surface area contributed by atoms with Gasteiger partial charge in [-0.1, -0.05) is 0 Å². The fourth-order valence-electron chi connectivity index (χ4n) is 1.49. The molecule has 0 amide bonds. The molecule has 0 unspecified atom stereocenters. The molecule has 0 bridgehead atoms. The van der Waals surface area contributed by atoms with Gasteiger partial charge in [0.15, 0.2) is 29.0 Å². The number of hydrogen-bond donors (Lipinski definition) is 1. The highest BCUT2D eigenvalue weighted by Gasteiger charge is 2.15. The number of alkyl halides is 2. The molecule has 0 saturated heterocycles. The van der Waals surface area contributed by atoms with E-state index in [1.54, 1.807) is 0 Å². The van der Waals surface area contributed by atoms with Gasteiger partial charge < -0.3 is 15.2 Å². The topological polar surface area (TPSA) is 44.5 Å². The van der Waals surface area contributed by atoms with Crippen LogP contribution in [0, 0.1) is 17.5 Å². The molecule has 21 heavy (non-hydrogen) atoms. The standard InChI is InChI=1S/C13H8F5NO2/c14-7-2-1-6(3-8(7)15)20-12-5-11(21-13(17)18)9(16)4-10(12)19/h1-5,13H,19H2. The van der Waals surface area contributed by atoms with Crippen molar-refractivity contribution in [2.75, 3.05) is 5.73 Å². The third-order valence-corrected chi connectivity index (χ3v) is 2.40. The maximum Gasteiger partial charge on any atom is 0.387 e. The Labute approximate surface area is 115 Å². The van der Waals surface area contributed by atoms with Crippen molar-refractivity contribution in [2.24, 2.45) is 0 Å². The summed E-state index contributed by atoms with van der Waals surface area (Å²) in [6, 6.07) is 4.13. The summed E-state index contributed by atoms with van der Waals surface area (Å²) in [5.41, 5.74) is 5.24. The molecular weight excluding hydrogens is 297 g/mol. The summed E-state index contributed by atoms with van der Waals surface area (Å²) in [7, 11) is 0. The number of benzene rings is 2. The Morgan fingerprint density at radius 2 is 1.57 bits per heavy atom. The normalized spacial score (nSPS) is 10.8. The maximum absolute atomic E-state index is 13.3. The predicted molar refractivity (Wildman–Crippen MR) is 63.9 cm³/mol. The van der Waals surface area contributed by atoms with Crippen molar-refractivity contribution < 1.29 is 31.4 Å². The van der Waals surface area contributed by atoms with Crippen molar-refractivity contribution in [1.82, 2.24) is 0 Å². The second-order valence-electron chi connectivity index (χ2n) is 3.88. The lowest BCUT2D eigenvalue weighted by molar-refractivity contribution is -0.0522. The fraction of sp³-hybridized carbons (Fsp3) is 0.0769. The van der Waals surface area contributed by atoms with Crippen LogP contribution in [0.2, 0.25) is 0 Å². The quantitative estimate of drug-likeness (QED) is 0.684. The van der Waals surface area contributed by atoms with E-state index in [-0.39, 0.29) is 17.2 Å². The average molecular weight is 305 g/mol. The first-order valence-corrected chi connectivity index (χ1v) is 5.53. The highest BCUT2D eigenvalue weighted by molar-refractivity contribution is 5.57. The van der Waals surface area contributed by atoms with Crippen molar-refractivity contribution in [3.05, 3.63) is 47.8 Å². The number of nitrogens with two attached hydrogens (primary N) is 1. The third-order valence-electron chi connectivity index (χ3n) is 2.40. The first-order chi connectivity index (χ1) is 9.86. The zero-order chi connectivity index (χ0) is 15.6. The molecule has 0 radical (unpaired) electrons. The summed E-state index contributed by atoms with van der Waals surface area (Å²) in [5.74, 6) is -4.52. The van der Waals surface area contributed by atoms with Gasteiger partial charge in [-0.3, -0.25) is 0 Å². The van der Waals surface area contributed by atoms with Crippen LogP contribution in [-0.2, 0) is 0 Å². The Kier molecular flexibility index (Phi) is 4.15. The molecule has 2 rings (SSSR count). The molecule has 2 N–H and O–H groups in total. The molecule has 3 nitrogen and oxygen atoms in total. The molecule has 0 aliphatic carbocycles. The van der Waals surface area contributed by atoms with Crippen LogP contribution in [0.5, 0.6) is 17.2 Å². The Bertz CT molecular complexity index is 663. The number of ether oxygens (including phenoxy) is 2. The van der Waals surface area contributed by atoms with Crippen molar-refractivity contribution in [1.29, 1.82) is 0 Å². The monoisotopic (exact) mass is 305 g/mol. The van der Waals surface area contributed by atoms with Gasteiger partial charge in [0.2, 0.25) is 0 Å². The van der Waals surface area contributed by atoms with Gasteiger partial charge >= 0.3 is 6.61 Å². The van der Waals surface area contributed by atoms with Gasteiger partial charge in [0.1, 0.15) is 5.75 Å². The van der Waals surface area contributed by atoms with Crippen molar-refractivity contribution in [3.8, 4) is 17.2 Å². The van der Waals surface area contributed by atoms with E-state index in [4.69, 9.17) is 10.5 Å². The lowest BCUT2D eigenvalue weighted by Crippen LogP contribution is -2.05. The second kappa shape index (κ2) is 5.86. The predicted octanol–water partition coefficient (Wildman–Crippen LogP) is 4.08. The second-order valence-corrected chi connectivity index (χ2v) is 3.88. The minimum Gasteiger partial charge on any atom is -0.455 e. The summed E-state index contributed by atoms with van der Waals surface area (Å²) in [4.78, 5) is 0.